The van der Waals surface area contributed by atoms with Crippen LogP contribution in [-0.2, 0) is 19.8 Å². The molecule has 0 radical (unpaired) electrons. The number of thioether (sulfide) groups is 1. The number of nitrogens with zero attached hydrogens (tertiary/aromatic N) is 1. The molecule has 3 heterocycles. The van der Waals surface area contributed by atoms with Crippen LogP contribution in [0.2, 0.25) is 0 Å². The molecule has 0 spiro atoms. The van der Waals surface area contributed by atoms with Gasteiger partial charge >= 0.3 is 5.97 Å². The summed E-state index contributed by atoms with van der Waals surface area (Å²) in [5, 5.41) is 27.7. The van der Waals surface area contributed by atoms with Gasteiger partial charge in [0, 0.05) is 35.2 Å². The topological polar surface area (TPSA) is 162 Å². The van der Waals surface area contributed by atoms with Crippen molar-refractivity contribution in [1.82, 2.24) is 14.9 Å². The lowest BCUT2D eigenvalue weighted by Crippen LogP contribution is -2.63. The minimum absolute atomic E-state index is 0.00510. The molecule has 2 fully saturated rings. The van der Waals surface area contributed by atoms with Crippen molar-refractivity contribution >= 4 is 33.8 Å². The van der Waals surface area contributed by atoms with Gasteiger partial charge in [0.1, 0.15) is 5.70 Å². The summed E-state index contributed by atoms with van der Waals surface area (Å²) in [6.07, 6.45) is -0.197. The van der Waals surface area contributed by atoms with E-state index in [0.29, 0.717) is 17.9 Å². The number of carboxylic acids is 1. The average Bonchev–Trinajstić information content (AvgIpc) is 3.07. The number of rotatable bonds is 7. The van der Waals surface area contributed by atoms with Gasteiger partial charge in [-0.05, 0) is 13.3 Å². The molecule has 0 aliphatic carbocycles. The van der Waals surface area contributed by atoms with E-state index in [-0.39, 0.29) is 41.4 Å². The third-order valence-corrected chi connectivity index (χ3v) is 7.40. The van der Waals surface area contributed by atoms with Gasteiger partial charge in [-0.2, -0.15) is 8.42 Å². The van der Waals surface area contributed by atoms with Crippen LogP contribution >= 0.6 is 11.8 Å². The molecule has 0 aromatic heterocycles. The van der Waals surface area contributed by atoms with Crippen LogP contribution in [-0.4, -0.2) is 71.9 Å². The van der Waals surface area contributed by atoms with Crippen LogP contribution < -0.4 is 15.2 Å². The number of aliphatic hydroxyl groups is 1. The van der Waals surface area contributed by atoms with Crippen molar-refractivity contribution in [1.29, 1.82) is 0 Å². The molecule has 3 unspecified atom stereocenters. The second kappa shape index (κ2) is 7.33. The summed E-state index contributed by atoms with van der Waals surface area (Å²) in [6, 6.07) is -0.435. The lowest BCUT2D eigenvalue weighted by molar-refractivity contribution is -0.163. The fourth-order valence-corrected chi connectivity index (χ4v) is 6.05. The highest BCUT2D eigenvalue weighted by molar-refractivity contribution is 8.03. The van der Waals surface area contributed by atoms with E-state index in [4.69, 9.17) is 5.14 Å². The number of carbonyl (C=O) groups is 2. The Morgan fingerprint density at radius 3 is 2.74 bits per heavy atom. The molecular weight excluding hydrogens is 396 g/mol. The second-order valence-corrected chi connectivity index (χ2v) is 9.97. The molecule has 6 atom stereocenters. The first-order valence-corrected chi connectivity index (χ1v) is 11.1. The van der Waals surface area contributed by atoms with Crippen LogP contribution in [0.1, 0.15) is 20.3 Å². The van der Waals surface area contributed by atoms with Gasteiger partial charge in [-0.3, -0.25) is 4.79 Å². The predicted octanol–water partition coefficient (Wildman–Crippen LogP) is -1.60. The van der Waals surface area contributed by atoms with E-state index >= 15 is 0 Å². The summed E-state index contributed by atoms with van der Waals surface area (Å²) in [5.74, 6) is -2.27. The fraction of sp³-hybridized carbons (Fsp3) is 0.733. The van der Waals surface area contributed by atoms with Crippen LogP contribution in [0.25, 0.3) is 0 Å². The van der Waals surface area contributed by atoms with Crippen molar-refractivity contribution in [2.45, 2.75) is 43.7 Å². The van der Waals surface area contributed by atoms with Crippen molar-refractivity contribution in [2.24, 2.45) is 17.0 Å². The molecule has 3 aliphatic rings. The summed E-state index contributed by atoms with van der Waals surface area (Å²) in [5.41, 5.74) is 0.00510. The molecule has 27 heavy (non-hydrogen) atoms. The van der Waals surface area contributed by atoms with E-state index in [2.05, 4.69) is 10.0 Å². The summed E-state index contributed by atoms with van der Waals surface area (Å²) in [6.45, 7) is 4.17. The maximum atomic E-state index is 12.3. The molecule has 2 saturated heterocycles. The number of carbonyl (C=O) groups excluding carboxylic acids is 1. The molecule has 0 bridgehead atoms. The Bertz CT molecular complexity index is 783. The zero-order chi connectivity index (χ0) is 20.1. The zero-order valence-electron chi connectivity index (χ0n) is 15.0. The molecule has 0 aromatic carbocycles. The maximum absolute atomic E-state index is 12.3. The maximum Gasteiger partial charge on any atom is 0.353 e. The Morgan fingerprint density at radius 2 is 2.19 bits per heavy atom. The second-order valence-electron chi connectivity index (χ2n) is 7.25. The van der Waals surface area contributed by atoms with Crippen molar-refractivity contribution in [3.8, 4) is 0 Å². The Morgan fingerprint density at radius 1 is 1.52 bits per heavy atom. The van der Waals surface area contributed by atoms with E-state index < -0.39 is 28.2 Å². The Labute approximate surface area is 161 Å². The van der Waals surface area contributed by atoms with Crippen LogP contribution in [0.15, 0.2) is 10.6 Å². The summed E-state index contributed by atoms with van der Waals surface area (Å²) < 4.78 is 24.3. The number of hydrogen-bond donors (Lipinski definition) is 5. The van der Waals surface area contributed by atoms with Crippen molar-refractivity contribution in [2.75, 3.05) is 13.1 Å². The molecule has 152 valence electrons. The van der Waals surface area contributed by atoms with Gasteiger partial charge in [-0.15, -0.1) is 11.8 Å². The number of aliphatic carboxylic acids is 1. The molecule has 0 aromatic rings. The standard InChI is InChI=1S/C15H24N4O6S2/c1-6-11-10(7(2)20)14(21)19(11)12(15(22)23)13(6)26-9-3-8(17-5-9)4-18-27(16,24)25/h6-11,17-18,20H,3-5H2,1-2H3,(H,22,23)(H2,16,24,25)/t6?,7-,8+,9+,10?,11?/m1/s1. The highest BCUT2D eigenvalue weighted by Gasteiger charge is 2.60. The van der Waals surface area contributed by atoms with E-state index in [1.54, 1.807) is 6.92 Å². The highest BCUT2D eigenvalue weighted by atomic mass is 32.2. The average molecular weight is 421 g/mol. The predicted molar refractivity (Wildman–Crippen MR) is 98.5 cm³/mol. The minimum Gasteiger partial charge on any atom is -0.477 e. The van der Waals surface area contributed by atoms with E-state index in [1.165, 1.54) is 16.7 Å². The SMILES string of the molecule is CC1C(S[C@@H]2CN[C@H](CNS(N)(=O)=O)C2)=C(C(=O)O)N2C(=O)C([C@@H](C)O)C12. The molecule has 3 rings (SSSR count). The van der Waals surface area contributed by atoms with Gasteiger partial charge in [0.2, 0.25) is 5.91 Å². The van der Waals surface area contributed by atoms with Gasteiger partial charge in [0.05, 0.1) is 18.1 Å². The van der Waals surface area contributed by atoms with Gasteiger partial charge in [0.25, 0.3) is 10.2 Å². The van der Waals surface area contributed by atoms with Crippen molar-refractivity contribution in [3.05, 3.63) is 10.6 Å². The fourth-order valence-electron chi connectivity index (χ4n) is 4.10. The highest BCUT2D eigenvalue weighted by Crippen LogP contribution is 2.51. The number of aliphatic hydroxyl groups excluding tert-OH is 1. The first-order valence-electron chi connectivity index (χ1n) is 8.67. The van der Waals surface area contributed by atoms with Gasteiger partial charge in [0.15, 0.2) is 0 Å². The van der Waals surface area contributed by atoms with E-state index in [9.17, 15) is 28.2 Å². The number of amides is 1. The van der Waals surface area contributed by atoms with Gasteiger partial charge in [-0.1, -0.05) is 6.92 Å². The molecule has 1 amide bonds. The number of nitrogens with one attached hydrogen (secondary N) is 2. The monoisotopic (exact) mass is 420 g/mol. The number of hydrogen-bond acceptors (Lipinski definition) is 7. The van der Waals surface area contributed by atoms with E-state index in [1.807, 2.05) is 6.92 Å². The number of β-lactam (4-membered cyclic amide) rings is 1. The molecule has 0 saturated carbocycles. The van der Waals surface area contributed by atoms with Crippen LogP contribution in [0.3, 0.4) is 0 Å². The Kier molecular flexibility index (Phi) is 5.58. The lowest BCUT2D eigenvalue weighted by Gasteiger charge is -2.46. The van der Waals surface area contributed by atoms with Gasteiger partial charge in [-0.25, -0.2) is 14.7 Å². The first kappa shape index (κ1) is 20.6. The summed E-state index contributed by atoms with van der Waals surface area (Å²) in [4.78, 5) is 26.1. The molecule has 10 nitrogen and oxygen atoms in total. The normalized spacial score (nSPS) is 34.6. The largest absolute Gasteiger partial charge is 0.477 e. The van der Waals surface area contributed by atoms with Crippen LogP contribution in [0.4, 0.5) is 0 Å². The summed E-state index contributed by atoms with van der Waals surface area (Å²) in [7, 11) is -3.76. The molecule has 12 heteroatoms. The zero-order valence-corrected chi connectivity index (χ0v) is 16.6. The van der Waals surface area contributed by atoms with Crippen LogP contribution in [0.5, 0.6) is 0 Å². The quantitative estimate of drug-likeness (QED) is 0.308. The number of fused-ring (bicyclic) bond motifs is 1. The lowest BCUT2D eigenvalue weighted by atomic mass is 9.79. The van der Waals surface area contributed by atoms with Crippen molar-refractivity contribution < 1.29 is 28.2 Å². The smallest absolute Gasteiger partial charge is 0.353 e. The van der Waals surface area contributed by atoms with Crippen molar-refractivity contribution in [3.63, 3.8) is 0 Å². The number of carboxylic acid groups (broad SMARTS) is 1. The molecule has 3 aliphatic heterocycles. The van der Waals surface area contributed by atoms with Crippen LogP contribution in [0, 0.1) is 11.8 Å². The first-order chi connectivity index (χ1) is 12.5. The summed E-state index contributed by atoms with van der Waals surface area (Å²) >= 11 is 1.41. The number of nitrogens with two attached hydrogens (primary N) is 1. The van der Waals surface area contributed by atoms with E-state index in [0.717, 1.165) is 0 Å². The Balaban J connectivity index is 1.71. The minimum atomic E-state index is -3.76. The Hall–Kier alpha value is -1.18. The molecular formula is C15H24N4O6S2. The third-order valence-electron chi connectivity index (χ3n) is 5.32. The molecule has 6 N–H and O–H groups in total. The third kappa shape index (κ3) is 3.87. The van der Waals surface area contributed by atoms with Gasteiger partial charge < -0.3 is 20.4 Å².